The number of para-hydroxylation sites is 1. The first-order valence-electron chi connectivity index (χ1n) is 6.50. The number of aromatic nitrogens is 2. The Bertz CT molecular complexity index is 551. The summed E-state index contributed by atoms with van der Waals surface area (Å²) < 4.78 is 11.9. The van der Waals surface area contributed by atoms with Gasteiger partial charge in [0.1, 0.15) is 0 Å². The van der Waals surface area contributed by atoms with Crippen LogP contribution in [0.2, 0.25) is 0 Å². The van der Waals surface area contributed by atoms with E-state index in [-0.39, 0.29) is 12.1 Å². The molecule has 1 heterocycles. The highest BCUT2D eigenvalue weighted by Gasteiger charge is 2.11. The molecule has 5 nitrogen and oxygen atoms in total. The zero-order valence-corrected chi connectivity index (χ0v) is 11.7. The quantitative estimate of drug-likeness (QED) is 0.759. The van der Waals surface area contributed by atoms with E-state index in [1.54, 1.807) is 18.0 Å². The van der Waals surface area contributed by atoms with Gasteiger partial charge in [-0.15, -0.1) is 0 Å². The van der Waals surface area contributed by atoms with Crippen molar-refractivity contribution in [3.05, 3.63) is 48.3 Å². The number of hydrogen-bond acceptors (Lipinski definition) is 4. The van der Waals surface area contributed by atoms with E-state index in [1.807, 2.05) is 37.3 Å². The van der Waals surface area contributed by atoms with Gasteiger partial charge < -0.3 is 9.47 Å². The number of carbonyl (C=O) groups is 1. The molecule has 0 saturated carbocycles. The van der Waals surface area contributed by atoms with Gasteiger partial charge in [-0.25, -0.2) is 9.48 Å². The fourth-order valence-electron chi connectivity index (χ4n) is 1.67. The van der Waals surface area contributed by atoms with Gasteiger partial charge in [0.15, 0.2) is 0 Å². The van der Waals surface area contributed by atoms with E-state index >= 15 is 0 Å². The van der Waals surface area contributed by atoms with Crippen LogP contribution < -0.4 is 0 Å². The summed E-state index contributed by atoms with van der Waals surface area (Å²) in [4.78, 5) is 11.8. The number of rotatable bonds is 6. The van der Waals surface area contributed by atoms with Crippen LogP contribution in [-0.4, -0.2) is 35.6 Å². The molecule has 20 heavy (non-hydrogen) atoms. The monoisotopic (exact) mass is 274 g/mol. The number of carbonyl (C=O) groups excluding carboxylic acids is 1. The third kappa shape index (κ3) is 3.68. The Morgan fingerprint density at radius 3 is 2.80 bits per heavy atom. The molecule has 0 fully saturated rings. The smallest absolute Gasteiger partial charge is 0.341 e. The minimum atomic E-state index is -0.365. The molecule has 2 rings (SSSR count). The predicted octanol–water partition coefficient (Wildman–Crippen LogP) is 2.45. The summed E-state index contributed by atoms with van der Waals surface area (Å²) in [6.07, 6.45) is 3.93. The van der Waals surface area contributed by atoms with Gasteiger partial charge >= 0.3 is 5.97 Å². The maximum Gasteiger partial charge on any atom is 0.341 e. The minimum Gasteiger partial charge on any atom is -0.462 e. The maximum absolute atomic E-state index is 11.8. The van der Waals surface area contributed by atoms with E-state index in [9.17, 15) is 4.79 Å². The minimum absolute atomic E-state index is 0.0786. The fraction of sp³-hybridized carbons (Fsp3) is 0.333. The third-order valence-electron chi connectivity index (χ3n) is 3.00. The number of methoxy groups -OCH3 is 1. The van der Waals surface area contributed by atoms with Crippen LogP contribution in [0, 0.1) is 0 Å². The van der Waals surface area contributed by atoms with E-state index in [0.29, 0.717) is 18.6 Å². The van der Waals surface area contributed by atoms with Crippen molar-refractivity contribution in [3.8, 4) is 5.69 Å². The molecule has 0 saturated heterocycles. The molecule has 0 spiro atoms. The van der Waals surface area contributed by atoms with Gasteiger partial charge in [0.25, 0.3) is 0 Å². The topological polar surface area (TPSA) is 53.4 Å². The van der Waals surface area contributed by atoms with Crippen LogP contribution in [-0.2, 0) is 9.47 Å². The van der Waals surface area contributed by atoms with Gasteiger partial charge in [-0.3, -0.25) is 0 Å². The van der Waals surface area contributed by atoms with Crippen molar-refractivity contribution < 1.29 is 14.3 Å². The molecule has 0 N–H and O–H groups in total. The highest BCUT2D eigenvalue weighted by molar-refractivity contribution is 5.88. The molecule has 0 amide bonds. The van der Waals surface area contributed by atoms with E-state index in [2.05, 4.69) is 5.10 Å². The highest BCUT2D eigenvalue weighted by atomic mass is 16.5. The summed E-state index contributed by atoms with van der Waals surface area (Å²) in [6.45, 7) is 2.27. The lowest BCUT2D eigenvalue weighted by Crippen LogP contribution is -2.12. The molecule has 106 valence electrons. The largest absolute Gasteiger partial charge is 0.462 e. The van der Waals surface area contributed by atoms with E-state index in [0.717, 1.165) is 5.69 Å². The van der Waals surface area contributed by atoms with Crippen LogP contribution in [0.15, 0.2) is 42.7 Å². The molecule has 0 aliphatic carbocycles. The lowest BCUT2D eigenvalue weighted by Gasteiger charge is -2.08. The average Bonchev–Trinajstić information content (AvgIpc) is 2.97. The second-order valence-electron chi connectivity index (χ2n) is 4.48. The van der Waals surface area contributed by atoms with Gasteiger partial charge in [-0.1, -0.05) is 18.2 Å². The first-order valence-corrected chi connectivity index (χ1v) is 6.50. The fourth-order valence-corrected chi connectivity index (χ4v) is 1.67. The van der Waals surface area contributed by atoms with Gasteiger partial charge in [0.05, 0.1) is 30.2 Å². The van der Waals surface area contributed by atoms with Crippen molar-refractivity contribution in [1.82, 2.24) is 9.78 Å². The molecular weight excluding hydrogens is 256 g/mol. The van der Waals surface area contributed by atoms with Crippen molar-refractivity contribution in [1.29, 1.82) is 0 Å². The van der Waals surface area contributed by atoms with Gasteiger partial charge in [0.2, 0.25) is 0 Å². The van der Waals surface area contributed by atoms with E-state index < -0.39 is 0 Å². The van der Waals surface area contributed by atoms with Crippen LogP contribution in [0.25, 0.3) is 5.69 Å². The number of esters is 1. The Balaban J connectivity index is 1.93. The highest BCUT2D eigenvalue weighted by Crippen LogP contribution is 2.09. The van der Waals surface area contributed by atoms with Crippen LogP contribution in [0.4, 0.5) is 0 Å². The summed E-state index contributed by atoms with van der Waals surface area (Å²) in [6, 6.07) is 9.60. The zero-order chi connectivity index (χ0) is 14.4. The second-order valence-corrected chi connectivity index (χ2v) is 4.48. The molecule has 0 aliphatic rings. The summed E-state index contributed by atoms with van der Waals surface area (Å²) in [5, 5.41) is 4.16. The Morgan fingerprint density at radius 2 is 2.10 bits per heavy atom. The molecule has 0 radical (unpaired) electrons. The summed E-state index contributed by atoms with van der Waals surface area (Å²) in [5.74, 6) is -0.365. The normalized spacial score (nSPS) is 12.1. The number of ether oxygens (including phenoxy) is 2. The van der Waals surface area contributed by atoms with Crippen LogP contribution in [0.5, 0.6) is 0 Å². The second kappa shape index (κ2) is 6.86. The number of benzene rings is 1. The first-order chi connectivity index (χ1) is 9.70. The first kappa shape index (κ1) is 14.3. The van der Waals surface area contributed by atoms with E-state index in [1.165, 1.54) is 6.20 Å². The summed E-state index contributed by atoms with van der Waals surface area (Å²) >= 11 is 0. The van der Waals surface area contributed by atoms with E-state index in [4.69, 9.17) is 9.47 Å². The van der Waals surface area contributed by atoms with Crippen LogP contribution in [0.3, 0.4) is 0 Å². The molecule has 0 bridgehead atoms. The predicted molar refractivity (Wildman–Crippen MR) is 74.9 cm³/mol. The molecule has 0 aliphatic heterocycles. The Labute approximate surface area is 118 Å². The molecule has 0 unspecified atom stereocenters. The SMILES string of the molecule is CO[C@@H](C)CCOC(=O)c1cnn(-c2ccccc2)c1. The van der Waals surface area contributed by atoms with Crippen molar-refractivity contribution in [2.24, 2.45) is 0 Å². The molecule has 1 aromatic heterocycles. The molecule has 2 aromatic rings. The molecular formula is C15H18N2O3. The average molecular weight is 274 g/mol. The van der Waals surface area contributed by atoms with Crippen molar-refractivity contribution in [2.75, 3.05) is 13.7 Å². The third-order valence-corrected chi connectivity index (χ3v) is 3.00. The summed E-state index contributed by atoms with van der Waals surface area (Å²) in [7, 11) is 1.64. The Hall–Kier alpha value is -2.14. The van der Waals surface area contributed by atoms with Gasteiger partial charge in [0, 0.05) is 19.7 Å². The lowest BCUT2D eigenvalue weighted by atomic mass is 10.3. The molecule has 1 atom stereocenters. The molecule has 1 aromatic carbocycles. The van der Waals surface area contributed by atoms with Gasteiger partial charge in [-0.05, 0) is 19.1 Å². The van der Waals surface area contributed by atoms with Crippen LogP contribution >= 0.6 is 0 Å². The Kier molecular flexibility index (Phi) is 4.90. The van der Waals surface area contributed by atoms with Crippen molar-refractivity contribution in [3.63, 3.8) is 0 Å². The number of hydrogen-bond donors (Lipinski definition) is 0. The lowest BCUT2D eigenvalue weighted by molar-refractivity contribution is 0.0391. The van der Waals surface area contributed by atoms with Crippen LogP contribution in [0.1, 0.15) is 23.7 Å². The summed E-state index contributed by atoms with van der Waals surface area (Å²) in [5.41, 5.74) is 1.35. The van der Waals surface area contributed by atoms with Crippen molar-refractivity contribution in [2.45, 2.75) is 19.4 Å². The van der Waals surface area contributed by atoms with Crippen molar-refractivity contribution >= 4 is 5.97 Å². The molecule has 5 heteroatoms. The zero-order valence-electron chi connectivity index (χ0n) is 11.7. The Morgan fingerprint density at radius 1 is 1.35 bits per heavy atom. The number of nitrogens with zero attached hydrogens (tertiary/aromatic N) is 2. The van der Waals surface area contributed by atoms with Gasteiger partial charge in [-0.2, -0.15) is 5.10 Å². The standard InChI is InChI=1S/C15H18N2O3/c1-12(19-2)8-9-20-15(18)13-10-16-17(11-13)14-6-4-3-5-7-14/h3-7,10-12H,8-9H2,1-2H3/t12-/m0/s1. The maximum atomic E-state index is 11.8.